The van der Waals surface area contributed by atoms with E-state index < -0.39 is 12.0 Å². The van der Waals surface area contributed by atoms with Gasteiger partial charge in [0.15, 0.2) is 0 Å². The highest BCUT2D eigenvalue weighted by atomic mass is 16.6. The minimum absolute atomic E-state index is 0.137. The molecule has 4 rings (SSSR count). The minimum Gasteiger partial charge on any atom is -0.461 e. The third kappa shape index (κ3) is 5.66. The normalized spacial score (nSPS) is 14.6. The summed E-state index contributed by atoms with van der Waals surface area (Å²) in [5.74, 6) is 0.781. The van der Waals surface area contributed by atoms with Gasteiger partial charge in [-0.2, -0.15) is 0 Å². The molecule has 1 aliphatic rings. The highest BCUT2D eigenvalue weighted by Gasteiger charge is 2.26. The Hall–Kier alpha value is -3.58. The van der Waals surface area contributed by atoms with Crippen LogP contribution in [0.2, 0.25) is 0 Å². The van der Waals surface area contributed by atoms with Gasteiger partial charge in [-0.3, -0.25) is 4.79 Å². The average molecular weight is 462 g/mol. The molecule has 0 unspecified atom stereocenters. The Morgan fingerprint density at radius 3 is 2.53 bits per heavy atom. The highest BCUT2D eigenvalue weighted by molar-refractivity contribution is 5.98. The van der Waals surface area contributed by atoms with Gasteiger partial charge in [0.05, 0.1) is 5.56 Å². The number of amides is 2. The van der Waals surface area contributed by atoms with Crippen LogP contribution in [0.3, 0.4) is 0 Å². The van der Waals surface area contributed by atoms with Crippen LogP contribution in [0.5, 0.6) is 5.75 Å². The molecule has 1 fully saturated rings. The molecule has 0 aliphatic carbocycles. The highest BCUT2D eigenvalue weighted by Crippen LogP contribution is 2.30. The first-order chi connectivity index (χ1) is 16.4. The summed E-state index contributed by atoms with van der Waals surface area (Å²) < 4.78 is 11.3. The number of furan rings is 1. The number of piperidine rings is 1. The number of carbonyl (C=O) groups excluding carboxylic acids is 2. The Balaban J connectivity index is 1.32. The SMILES string of the molecule is Cc1cc(C(N)=O)c(-c2cccc(OC(=O)N(C)C3CCN(CCc4ccccc4)CC3)c2)o1. The largest absolute Gasteiger partial charge is 0.461 e. The molecule has 0 spiro atoms. The van der Waals surface area contributed by atoms with Crippen LogP contribution in [0.1, 0.15) is 34.5 Å². The molecule has 2 aromatic carbocycles. The molecular formula is C27H31N3O4. The molecule has 0 saturated carbocycles. The molecule has 7 nitrogen and oxygen atoms in total. The Labute approximate surface area is 200 Å². The zero-order valence-electron chi connectivity index (χ0n) is 19.7. The number of hydrogen-bond acceptors (Lipinski definition) is 5. The predicted molar refractivity (Wildman–Crippen MR) is 131 cm³/mol. The second kappa shape index (κ2) is 10.6. The van der Waals surface area contributed by atoms with Gasteiger partial charge < -0.3 is 24.7 Å². The van der Waals surface area contributed by atoms with Crippen LogP contribution >= 0.6 is 0 Å². The lowest BCUT2D eigenvalue weighted by Gasteiger charge is -2.36. The van der Waals surface area contributed by atoms with E-state index >= 15 is 0 Å². The molecule has 2 amide bonds. The van der Waals surface area contributed by atoms with E-state index in [9.17, 15) is 9.59 Å². The Morgan fingerprint density at radius 1 is 1.09 bits per heavy atom. The molecule has 2 heterocycles. The van der Waals surface area contributed by atoms with Crippen molar-refractivity contribution in [1.82, 2.24) is 9.80 Å². The van der Waals surface area contributed by atoms with Crippen molar-refractivity contribution in [1.29, 1.82) is 0 Å². The molecule has 1 aromatic heterocycles. The van der Waals surface area contributed by atoms with E-state index in [1.165, 1.54) is 5.56 Å². The molecule has 1 saturated heterocycles. The lowest BCUT2D eigenvalue weighted by Crippen LogP contribution is -2.46. The monoisotopic (exact) mass is 461 g/mol. The zero-order chi connectivity index (χ0) is 24.1. The number of likely N-dealkylation sites (tertiary alicyclic amines) is 1. The van der Waals surface area contributed by atoms with Crippen LogP contribution in [-0.4, -0.2) is 54.5 Å². The van der Waals surface area contributed by atoms with E-state index in [1.54, 1.807) is 49.2 Å². The summed E-state index contributed by atoms with van der Waals surface area (Å²) in [6.07, 6.45) is 2.46. The average Bonchev–Trinajstić information content (AvgIpc) is 3.25. The number of rotatable bonds is 7. The maximum absolute atomic E-state index is 12.8. The van der Waals surface area contributed by atoms with Gasteiger partial charge in [0.25, 0.3) is 5.91 Å². The van der Waals surface area contributed by atoms with Gasteiger partial charge in [-0.1, -0.05) is 42.5 Å². The van der Waals surface area contributed by atoms with Crippen molar-refractivity contribution in [2.75, 3.05) is 26.7 Å². The molecule has 3 aromatic rings. The summed E-state index contributed by atoms with van der Waals surface area (Å²) in [6, 6.07) is 19.2. The van der Waals surface area contributed by atoms with Crippen molar-refractivity contribution < 1.29 is 18.7 Å². The van der Waals surface area contributed by atoms with Gasteiger partial charge in [0.1, 0.15) is 17.3 Å². The van der Waals surface area contributed by atoms with Crippen LogP contribution in [0, 0.1) is 6.92 Å². The fourth-order valence-electron chi connectivity index (χ4n) is 4.40. The summed E-state index contributed by atoms with van der Waals surface area (Å²) in [4.78, 5) is 28.7. The maximum Gasteiger partial charge on any atom is 0.415 e. The first-order valence-electron chi connectivity index (χ1n) is 11.6. The van der Waals surface area contributed by atoms with E-state index in [4.69, 9.17) is 14.9 Å². The summed E-state index contributed by atoms with van der Waals surface area (Å²) in [5, 5.41) is 0. The van der Waals surface area contributed by atoms with Gasteiger partial charge in [-0.05, 0) is 49.9 Å². The molecule has 1 aliphatic heterocycles. The first-order valence-corrected chi connectivity index (χ1v) is 11.6. The minimum atomic E-state index is -0.566. The first kappa shape index (κ1) is 23.6. The van der Waals surface area contributed by atoms with Crippen molar-refractivity contribution in [2.45, 2.75) is 32.2 Å². The van der Waals surface area contributed by atoms with E-state index in [1.807, 2.05) is 6.07 Å². The quantitative estimate of drug-likeness (QED) is 0.560. The molecular weight excluding hydrogens is 430 g/mol. The molecule has 2 N–H and O–H groups in total. The third-order valence-electron chi connectivity index (χ3n) is 6.37. The number of aryl methyl sites for hydroxylation is 1. The summed E-state index contributed by atoms with van der Waals surface area (Å²) >= 11 is 0. The van der Waals surface area contributed by atoms with E-state index in [0.29, 0.717) is 28.4 Å². The van der Waals surface area contributed by atoms with E-state index in [-0.39, 0.29) is 6.04 Å². The molecule has 0 atom stereocenters. The topological polar surface area (TPSA) is 89.0 Å². The Morgan fingerprint density at radius 2 is 1.82 bits per heavy atom. The summed E-state index contributed by atoms with van der Waals surface area (Å²) in [5.41, 5.74) is 7.75. The van der Waals surface area contributed by atoms with Gasteiger partial charge in [-0.25, -0.2) is 4.79 Å². The fourth-order valence-corrected chi connectivity index (χ4v) is 4.40. The maximum atomic E-state index is 12.8. The number of primary amides is 1. The number of nitrogens with two attached hydrogens (primary N) is 1. The predicted octanol–water partition coefficient (Wildman–Crippen LogP) is 4.49. The van der Waals surface area contributed by atoms with Crippen LogP contribution in [-0.2, 0) is 6.42 Å². The third-order valence-corrected chi connectivity index (χ3v) is 6.37. The van der Waals surface area contributed by atoms with E-state index in [0.717, 1.165) is 38.9 Å². The van der Waals surface area contributed by atoms with E-state index in [2.05, 4.69) is 29.2 Å². The molecule has 34 heavy (non-hydrogen) atoms. The summed E-state index contributed by atoms with van der Waals surface area (Å²) in [7, 11) is 1.79. The van der Waals surface area contributed by atoms with Gasteiger partial charge in [0.2, 0.25) is 0 Å². The Bertz CT molecular complexity index is 1130. The van der Waals surface area contributed by atoms with Crippen molar-refractivity contribution in [3.05, 3.63) is 77.6 Å². The number of benzene rings is 2. The number of hydrogen-bond donors (Lipinski definition) is 1. The van der Waals surface area contributed by atoms with Gasteiger partial charge in [0, 0.05) is 38.3 Å². The van der Waals surface area contributed by atoms with Crippen LogP contribution in [0.4, 0.5) is 4.79 Å². The van der Waals surface area contributed by atoms with Crippen molar-refractivity contribution >= 4 is 12.0 Å². The number of ether oxygens (including phenoxy) is 1. The van der Waals surface area contributed by atoms with Crippen molar-refractivity contribution in [2.24, 2.45) is 5.73 Å². The lowest BCUT2D eigenvalue weighted by molar-refractivity contribution is 0.1000. The zero-order valence-corrected chi connectivity index (χ0v) is 19.7. The van der Waals surface area contributed by atoms with Crippen LogP contribution < -0.4 is 10.5 Å². The fraction of sp³-hybridized carbons (Fsp3) is 0.333. The Kier molecular flexibility index (Phi) is 7.33. The molecule has 7 heteroatoms. The molecule has 0 bridgehead atoms. The number of nitrogens with zero attached hydrogens (tertiary/aromatic N) is 2. The lowest BCUT2D eigenvalue weighted by atomic mass is 10.0. The second-order valence-electron chi connectivity index (χ2n) is 8.78. The molecule has 0 radical (unpaired) electrons. The van der Waals surface area contributed by atoms with Crippen molar-refractivity contribution in [3.8, 4) is 17.1 Å². The smallest absolute Gasteiger partial charge is 0.415 e. The standard InChI is InChI=1S/C27H31N3O4/c1-19-17-24(26(28)31)25(33-19)21-9-6-10-23(18-21)34-27(32)29(2)22-12-15-30(16-13-22)14-11-20-7-4-3-5-8-20/h3-10,17-18,22H,11-16H2,1-2H3,(H2,28,31). The second-order valence-corrected chi connectivity index (χ2v) is 8.78. The van der Waals surface area contributed by atoms with Crippen molar-refractivity contribution in [3.63, 3.8) is 0 Å². The summed E-state index contributed by atoms with van der Waals surface area (Å²) in [6.45, 7) is 4.69. The molecule has 178 valence electrons. The van der Waals surface area contributed by atoms with Gasteiger partial charge >= 0.3 is 6.09 Å². The number of carbonyl (C=O) groups is 2. The van der Waals surface area contributed by atoms with Gasteiger partial charge in [-0.15, -0.1) is 0 Å². The van der Waals surface area contributed by atoms with Crippen LogP contribution in [0.25, 0.3) is 11.3 Å². The van der Waals surface area contributed by atoms with Crippen LogP contribution in [0.15, 0.2) is 65.1 Å².